The number of nitrogen functional groups attached to an aromatic ring is 1. The van der Waals surface area contributed by atoms with E-state index >= 15 is 0 Å². The molecule has 2 heterocycles. The highest BCUT2D eigenvalue weighted by molar-refractivity contribution is 9.10. The van der Waals surface area contributed by atoms with Gasteiger partial charge in [-0.1, -0.05) is 0 Å². The summed E-state index contributed by atoms with van der Waals surface area (Å²) in [5.41, 5.74) is 7.78. The van der Waals surface area contributed by atoms with Crippen molar-refractivity contribution >= 4 is 32.8 Å². The molecule has 0 bridgehead atoms. The number of H-pyrrole nitrogens is 1. The molecule has 0 atom stereocenters. The van der Waals surface area contributed by atoms with Gasteiger partial charge in [0.05, 0.1) is 11.2 Å². The minimum absolute atomic E-state index is 0.0992. The number of rotatable bonds is 1. The van der Waals surface area contributed by atoms with Crippen LogP contribution in [0.3, 0.4) is 0 Å². The maximum Gasteiger partial charge on any atom is 0.178 e. The van der Waals surface area contributed by atoms with Gasteiger partial charge in [0.25, 0.3) is 0 Å². The zero-order chi connectivity index (χ0) is 12.7. The molecule has 0 saturated carbocycles. The fourth-order valence-electron chi connectivity index (χ4n) is 1.70. The molecule has 0 spiro atoms. The highest BCUT2D eigenvalue weighted by Gasteiger charge is 2.08. The Morgan fingerprint density at radius 1 is 1.28 bits per heavy atom. The van der Waals surface area contributed by atoms with Gasteiger partial charge in [0.15, 0.2) is 5.65 Å². The van der Waals surface area contributed by atoms with Crippen molar-refractivity contribution in [2.45, 2.75) is 0 Å². The summed E-state index contributed by atoms with van der Waals surface area (Å²) in [5.74, 6) is 0.179. The van der Waals surface area contributed by atoms with Crippen LogP contribution >= 0.6 is 15.9 Å². The van der Waals surface area contributed by atoms with E-state index < -0.39 is 5.82 Å². The number of imidazole rings is 1. The second-order valence-corrected chi connectivity index (χ2v) is 4.76. The highest BCUT2D eigenvalue weighted by atomic mass is 79.9. The summed E-state index contributed by atoms with van der Waals surface area (Å²) in [6.07, 6.45) is 1.67. The van der Waals surface area contributed by atoms with Gasteiger partial charge in [-0.15, -0.1) is 0 Å². The lowest BCUT2D eigenvalue weighted by molar-refractivity contribution is 0.632. The molecule has 0 amide bonds. The third-order valence-electron chi connectivity index (χ3n) is 2.57. The van der Waals surface area contributed by atoms with E-state index in [-0.39, 0.29) is 5.69 Å². The summed E-state index contributed by atoms with van der Waals surface area (Å²) in [7, 11) is 0. The van der Waals surface area contributed by atoms with Crippen LogP contribution in [-0.4, -0.2) is 15.0 Å². The molecule has 3 rings (SSSR count). The van der Waals surface area contributed by atoms with Gasteiger partial charge in [-0.2, -0.15) is 0 Å². The third kappa shape index (κ3) is 1.84. The van der Waals surface area contributed by atoms with Gasteiger partial charge in [-0.3, -0.25) is 0 Å². The highest BCUT2D eigenvalue weighted by Crippen LogP contribution is 2.24. The normalized spacial score (nSPS) is 11.0. The number of pyridine rings is 1. The van der Waals surface area contributed by atoms with Crippen molar-refractivity contribution in [3.05, 3.63) is 40.8 Å². The van der Waals surface area contributed by atoms with Crippen molar-refractivity contribution in [1.29, 1.82) is 0 Å². The monoisotopic (exact) mass is 306 g/mol. The average molecular weight is 307 g/mol. The maximum atomic E-state index is 13.1. The van der Waals surface area contributed by atoms with E-state index in [1.54, 1.807) is 18.3 Å². The van der Waals surface area contributed by atoms with E-state index in [4.69, 9.17) is 5.73 Å². The van der Waals surface area contributed by atoms with E-state index in [2.05, 4.69) is 30.9 Å². The van der Waals surface area contributed by atoms with Crippen molar-refractivity contribution in [2.75, 3.05) is 5.73 Å². The minimum Gasteiger partial charge on any atom is -0.396 e. The van der Waals surface area contributed by atoms with Gasteiger partial charge in [-0.25, -0.2) is 14.4 Å². The molecular weight excluding hydrogens is 299 g/mol. The van der Waals surface area contributed by atoms with Crippen LogP contribution in [0.2, 0.25) is 0 Å². The summed E-state index contributed by atoms with van der Waals surface area (Å²) < 4.78 is 14.0. The molecular formula is C12H8BrFN4. The topological polar surface area (TPSA) is 67.6 Å². The molecule has 0 fully saturated rings. The number of anilines is 1. The standard InChI is InChI=1S/C12H8BrFN4/c13-7-4-10-12(16-5-7)18-11(17-10)6-1-2-8(14)9(15)3-6/h1-5H,15H2,(H,16,17,18). The first-order valence-corrected chi connectivity index (χ1v) is 5.99. The van der Waals surface area contributed by atoms with Crippen molar-refractivity contribution < 1.29 is 4.39 Å². The number of nitrogens with one attached hydrogen (secondary N) is 1. The average Bonchev–Trinajstić information content (AvgIpc) is 2.75. The molecule has 6 heteroatoms. The molecule has 18 heavy (non-hydrogen) atoms. The first kappa shape index (κ1) is 11.2. The van der Waals surface area contributed by atoms with E-state index in [1.165, 1.54) is 6.07 Å². The summed E-state index contributed by atoms with van der Waals surface area (Å²) in [5, 5.41) is 0. The number of hydrogen-bond acceptors (Lipinski definition) is 3. The molecule has 0 saturated heterocycles. The van der Waals surface area contributed by atoms with Gasteiger partial charge in [0.1, 0.15) is 11.6 Å². The molecule has 3 N–H and O–H groups in total. The summed E-state index contributed by atoms with van der Waals surface area (Å²) in [6, 6.07) is 6.37. The summed E-state index contributed by atoms with van der Waals surface area (Å²) in [4.78, 5) is 11.6. The van der Waals surface area contributed by atoms with Crippen molar-refractivity contribution in [3.8, 4) is 11.4 Å². The minimum atomic E-state index is -0.435. The van der Waals surface area contributed by atoms with Gasteiger partial charge < -0.3 is 10.7 Å². The Bertz CT molecular complexity index is 738. The lowest BCUT2D eigenvalue weighted by Crippen LogP contribution is -1.91. The molecule has 0 radical (unpaired) electrons. The molecule has 1 aromatic carbocycles. The number of aromatic amines is 1. The van der Waals surface area contributed by atoms with Gasteiger partial charge in [0, 0.05) is 16.2 Å². The lowest BCUT2D eigenvalue weighted by Gasteiger charge is -1.99. The van der Waals surface area contributed by atoms with Crippen LogP contribution in [0.5, 0.6) is 0 Å². The Hall–Kier alpha value is -1.95. The fraction of sp³-hybridized carbons (Fsp3) is 0. The Labute approximate surface area is 110 Å². The van der Waals surface area contributed by atoms with E-state index in [1.807, 2.05) is 6.07 Å². The number of benzene rings is 1. The van der Waals surface area contributed by atoms with Crippen LogP contribution in [0.1, 0.15) is 0 Å². The Morgan fingerprint density at radius 2 is 2.11 bits per heavy atom. The second-order valence-electron chi connectivity index (χ2n) is 3.85. The maximum absolute atomic E-state index is 13.1. The SMILES string of the molecule is Nc1cc(-c2nc3ncc(Br)cc3[nH]2)ccc1F. The van der Waals surface area contributed by atoms with Crippen molar-refractivity contribution in [3.63, 3.8) is 0 Å². The van der Waals surface area contributed by atoms with Crippen molar-refractivity contribution in [2.24, 2.45) is 0 Å². The Balaban J connectivity index is 2.16. The number of hydrogen-bond donors (Lipinski definition) is 2. The molecule has 3 aromatic rings. The Kier molecular flexibility index (Phi) is 2.52. The number of halogens is 2. The van der Waals surface area contributed by atoms with Crippen LogP contribution < -0.4 is 5.73 Å². The molecule has 0 aliphatic rings. The van der Waals surface area contributed by atoms with Crippen LogP contribution in [0.25, 0.3) is 22.6 Å². The molecule has 4 nitrogen and oxygen atoms in total. The van der Waals surface area contributed by atoms with Crippen LogP contribution in [0.4, 0.5) is 10.1 Å². The van der Waals surface area contributed by atoms with Crippen LogP contribution in [-0.2, 0) is 0 Å². The van der Waals surface area contributed by atoms with Gasteiger partial charge >= 0.3 is 0 Å². The zero-order valence-corrected chi connectivity index (χ0v) is 10.7. The predicted octanol–water partition coefficient (Wildman–Crippen LogP) is 3.11. The van der Waals surface area contributed by atoms with E-state index in [0.29, 0.717) is 11.5 Å². The first-order chi connectivity index (χ1) is 8.63. The lowest BCUT2D eigenvalue weighted by atomic mass is 10.2. The van der Waals surface area contributed by atoms with E-state index in [9.17, 15) is 4.39 Å². The largest absolute Gasteiger partial charge is 0.396 e. The fourth-order valence-corrected chi connectivity index (χ4v) is 2.03. The Morgan fingerprint density at radius 3 is 2.89 bits per heavy atom. The molecule has 0 aliphatic heterocycles. The van der Waals surface area contributed by atoms with E-state index in [0.717, 1.165) is 15.6 Å². The van der Waals surface area contributed by atoms with Crippen LogP contribution in [0.15, 0.2) is 34.9 Å². The number of nitrogens with two attached hydrogens (primary N) is 1. The number of nitrogens with zero attached hydrogens (tertiary/aromatic N) is 2. The predicted molar refractivity (Wildman–Crippen MR) is 71.4 cm³/mol. The second kappa shape index (κ2) is 4.06. The zero-order valence-electron chi connectivity index (χ0n) is 9.11. The third-order valence-corrected chi connectivity index (χ3v) is 3.01. The number of aromatic nitrogens is 3. The molecule has 0 aliphatic carbocycles. The van der Waals surface area contributed by atoms with Gasteiger partial charge in [0.2, 0.25) is 0 Å². The number of fused-ring (bicyclic) bond motifs is 1. The first-order valence-electron chi connectivity index (χ1n) is 5.20. The molecule has 2 aromatic heterocycles. The van der Waals surface area contributed by atoms with Crippen molar-refractivity contribution in [1.82, 2.24) is 15.0 Å². The molecule has 90 valence electrons. The smallest absolute Gasteiger partial charge is 0.178 e. The van der Waals surface area contributed by atoms with Crippen LogP contribution in [0, 0.1) is 5.82 Å². The summed E-state index contributed by atoms with van der Waals surface area (Å²) in [6.45, 7) is 0. The quantitative estimate of drug-likeness (QED) is 0.679. The summed E-state index contributed by atoms with van der Waals surface area (Å²) >= 11 is 3.34. The molecule has 0 unspecified atom stereocenters. The van der Waals surface area contributed by atoms with Gasteiger partial charge in [-0.05, 0) is 40.2 Å².